The van der Waals surface area contributed by atoms with Crippen molar-refractivity contribution in [2.45, 2.75) is 0 Å². The number of thioether (sulfide) groups is 1. The van der Waals surface area contributed by atoms with Gasteiger partial charge in [0.2, 0.25) is 0 Å². The maximum atomic E-state index is 12.8. The van der Waals surface area contributed by atoms with Crippen molar-refractivity contribution in [2.24, 2.45) is 0 Å². The molecule has 0 aliphatic rings. The molecule has 0 aliphatic heterocycles. The monoisotopic (exact) mass is 340 g/mol. The summed E-state index contributed by atoms with van der Waals surface area (Å²) in [5, 5.41) is 3.43. The van der Waals surface area contributed by atoms with E-state index >= 15 is 0 Å². The highest BCUT2D eigenvalue weighted by molar-refractivity contribution is 8.23. The molecule has 0 bridgehead atoms. The molecule has 1 aromatic carbocycles. The van der Waals surface area contributed by atoms with Crippen LogP contribution in [-0.4, -0.2) is 20.8 Å². The molecular formula is C14H10ClFN2OS2. The minimum atomic E-state index is -0.370. The summed E-state index contributed by atoms with van der Waals surface area (Å²) >= 11 is 12.0. The molecule has 0 radical (unpaired) electrons. The van der Waals surface area contributed by atoms with E-state index in [-0.39, 0.29) is 17.4 Å². The molecule has 0 saturated carbocycles. The van der Waals surface area contributed by atoms with Gasteiger partial charge in [0.15, 0.2) is 5.78 Å². The number of anilines is 1. The van der Waals surface area contributed by atoms with Gasteiger partial charge in [-0.2, -0.15) is 0 Å². The van der Waals surface area contributed by atoms with Crippen LogP contribution in [0.3, 0.4) is 0 Å². The van der Waals surface area contributed by atoms with Gasteiger partial charge in [0.05, 0.1) is 10.8 Å². The molecule has 21 heavy (non-hydrogen) atoms. The molecule has 1 N–H and O–H groups in total. The second kappa shape index (κ2) is 7.49. The van der Waals surface area contributed by atoms with Gasteiger partial charge in [-0.25, -0.2) is 9.37 Å². The third-order valence-corrected chi connectivity index (χ3v) is 3.91. The van der Waals surface area contributed by atoms with E-state index < -0.39 is 0 Å². The third-order valence-electron chi connectivity index (χ3n) is 2.46. The normalized spacial score (nSPS) is 10.2. The molecule has 1 aromatic heterocycles. The van der Waals surface area contributed by atoms with Gasteiger partial charge in [0, 0.05) is 11.8 Å². The number of carbonyl (C=O) groups excluding carboxylic acids is 1. The van der Waals surface area contributed by atoms with Gasteiger partial charge >= 0.3 is 0 Å². The van der Waals surface area contributed by atoms with Crippen LogP contribution in [0.15, 0.2) is 42.6 Å². The number of thiocarbonyl (C=S) groups is 1. The number of nitrogens with zero attached hydrogens (tertiary/aromatic N) is 1. The first-order valence-corrected chi connectivity index (χ1v) is 7.66. The van der Waals surface area contributed by atoms with Gasteiger partial charge in [-0.05, 0) is 36.4 Å². The predicted octanol–water partition coefficient (Wildman–Crippen LogP) is 4.19. The van der Waals surface area contributed by atoms with E-state index in [1.54, 1.807) is 12.1 Å². The average Bonchev–Trinajstić information content (AvgIpc) is 2.48. The van der Waals surface area contributed by atoms with E-state index in [1.165, 1.54) is 42.2 Å². The summed E-state index contributed by atoms with van der Waals surface area (Å²) < 4.78 is 13.2. The first kappa shape index (κ1) is 15.9. The van der Waals surface area contributed by atoms with Crippen LogP contribution in [0, 0.1) is 5.82 Å². The maximum absolute atomic E-state index is 12.8. The number of Topliss-reactive ketones (excluding diaryl/α,β-unsaturated/α-hetero) is 1. The van der Waals surface area contributed by atoms with E-state index in [4.69, 9.17) is 23.8 Å². The first-order chi connectivity index (χ1) is 10.0. The Hall–Kier alpha value is -1.50. The second-order valence-electron chi connectivity index (χ2n) is 3.99. The fourth-order valence-electron chi connectivity index (χ4n) is 1.44. The summed E-state index contributed by atoms with van der Waals surface area (Å²) in [6, 6.07) is 8.80. The highest BCUT2D eigenvalue weighted by Crippen LogP contribution is 2.14. The molecular weight excluding hydrogens is 331 g/mol. The topological polar surface area (TPSA) is 42.0 Å². The summed E-state index contributed by atoms with van der Waals surface area (Å²) in [6.45, 7) is 0. The van der Waals surface area contributed by atoms with Crippen molar-refractivity contribution >= 4 is 51.5 Å². The molecule has 3 nitrogen and oxygen atoms in total. The highest BCUT2D eigenvalue weighted by Gasteiger charge is 2.08. The Kier molecular flexibility index (Phi) is 5.67. The lowest BCUT2D eigenvalue weighted by atomic mass is 10.1. The van der Waals surface area contributed by atoms with Crippen molar-refractivity contribution in [3.05, 3.63) is 59.0 Å². The Morgan fingerprint density at radius 2 is 2.00 bits per heavy atom. The van der Waals surface area contributed by atoms with Crippen molar-refractivity contribution in [2.75, 3.05) is 11.1 Å². The van der Waals surface area contributed by atoms with Gasteiger partial charge in [-0.15, -0.1) is 0 Å². The molecule has 0 spiro atoms. The van der Waals surface area contributed by atoms with E-state index in [0.29, 0.717) is 20.7 Å². The lowest BCUT2D eigenvalue weighted by Crippen LogP contribution is -2.10. The third kappa shape index (κ3) is 5.08. The largest absolute Gasteiger partial charge is 0.326 e. The fraction of sp³-hybridized carbons (Fsp3) is 0.0714. The first-order valence-electron chi connectivity index (χ1n) is 5.89. The SMILES string of the molecule is O=C(CSC(=S)Nc1ccc(Cl)cn1)c1ccc(F)cc1. The number of nitrogens with one attached hydrogen (secondary N) is 1. The fourth-order valence-corrected chi connectivity index (χ4v) is 2.44. The van der Waals surface area contributed by atoms with E-state index in [2.05, 4.69) is 10.3 Å². The molecule has 108 valence electrons. The van der Waals surface area contributed by atoms with E-state index in [0.717, 1.165) is 0 Å². The summed E-state index contributed by atoms with van der Waals surface area (Å²) in [7, 11) is 0. The quantitative estimate of drug-likeness (QED) is 0.667. The van der Waals surface area contributed by atoms with Crippen LogP contribution in [0.2, 0.25) is 5.02 Å². The van der Waals surface area contributed by atoms with Crippen LogP contribution in [0.1, 0.15) is 10.4 Å². The number of aromatic nitrogens is 1. The van der Waals surface area contributed by atoms with Gasteiger partial charge in [-0.1, -0.05) is 35.6 Å². The summed E-state index contributed by atoms with van der Waals surface area (Å²) in [6.07, 6.45) is 1.50. The van der Waals surface area contributed by atoms with Crippen molar-refractivity contribution < 1.29 is 9.18 Å². The molecule has 2 aromatic rings. The predicted molar refractivity (Wildman–Crippen MR) is 88.7 cm³/mol. The van der Waals surface area contributed by atoms with Crippen LogP contribution in [0.4, 0.5) is 10.2 Å². The maximum Gasteiger partial charge on any atom is 0.173 e. The number of hydrogen-bond acceptors (Lipinski definition) is 4. The van der Waals surface area contributed by atoms with Crippen molar-refractivity contribution in [3.63, 3.8) is 0 Å². The van der Waals surface area contributed by atoms with Crippen LogP contribution in [0.5, 0.6) is 0 Å². The van der Waals surface area contributed by atoms with Gasteiger partial charge in [0.1, 0.15) is 16.0 Å². The number of carbonyl (C=O) groups is 1. The van der Waals surface area contributed by atoms with E-state index in [9.17, 15) is 9.18 Å². The Morgan fingerprint density at radius 1 is 1.29 bits per heavy atom. The molecule has 0 aliphatic carbocycles. The number of ketones is 1. The minimum Gasteiger partial charge on any atom is -0.326 e. The van der Waals surface area contributed by atoms with E-state index in [1.807, 2.05) is 0 Å². The molecule has 0 fully saturated rings. The smallest absolute Gasteiger partial charge is 0.173 e. The minimum absolute atomic E-state index is 0.117. The Labute approximate surface area is 135 Å². The Balaban J connectivity index is 1.84. The van der Waals surface area contributed by atoms with Gasteiger partial charge in [-0.3, -0.25) is 4.79 Å². The summed E-state index contributed by atoms with van der Waals surface area (Å²) in [4.78, 5) is 15.9. The zero-order chi connectivity index (χ0) is 15.2. The van der Waals surface area contributed by atoms with Crippen LogP contribution in [-0.2, 0) is 0 Å². The van der Waals surface area contributed by atoms with Crippen molar-refractivity contribution in [3.8, 4) is 0 Å². The molecule has 7 heteroatoms. The number of benzene rings is 1. The number of rotatable bonds is 4. The molecule has 1 heterocycles. The van der Waals surface area contributed by atoms with Crippen LogP contribution < -0.4 is 5.32 Å². The average molecular weight is 341 g/mol. The number of pyridine rings is 1. The molecule has 0 amide bonds. The molecule has 2 rings (SSSR count). The zero-order valence-corrected chi connectivity index (χ0v) is 13.1. The number of halogens is 2. The molecule has 0 saturated heterocycles. The zero-order valence-electron chi connectivity index (χ0n) is 10.7. The van der Waals surface area contributed by atoms with Crippen LogP contribution >= 0.6 is 35.6 Å². The lowest BCUT2D eigenvalue weighted by molar-refractivity contribution is 0.102. The standard InChI is InChI=1S/C14H10ClFN2OS2/c15-10-3-6-13(17-7-10)18-14(20)21-8-12(19)9-1-4-11(16)5-2-9/h1-7H,8H2,(H,17,18,20). The van der Waals surface area contributed by atoms with Crippen molar-refractivity contribution in [1.29, 1.82) is 0 Å². The molecule has 0 atom stereocenters. The molecule has 0 unspecified atom stereocenters. The van der Waals surface area contributed by atoms with Crippen LogP contribution in [0.25, 0.3) is 0 Å². The Morgan fingerprint density at radius 3 is 2.62 bits per heavy atom. The Bertz CT molecular complexity index is 647. The van der Waals surface area contributed by atoms with Crippen molar-refractivity contribution in [1.82, 2.24) is 4.98 Å². The van der Waals surface area contributed by atoms with Gasteiger partial charge < -0.3 is 5.32 Å². The highest BCUT2D eigenvalue weighted by atomic mass is 35.5. The lowest BCUT2D eigenvalue weighted by Gasteiger charge is -2.06. The summed E-state index contributed by atoms with van der Waals surface area (Å²) in [5.41, 5.74) is 0.455. The van der Waals surface area contributed by atoms with Gasteiger partial charge in [0.25, 0.3) is 0 Å². The second-order valence-corrected chi connectivity index (χ2v) is 6.08. The number of hydrogen-bond donors (Lipinski definition) is 1. The summed E-state index contributed by atoms with van der Waals surface area (Å²) in [5.74, 6) is 0.245.